The highest BCUT2D eigenvalue weighted by Gasteiger charge is 2.19. The van der Waals surface area contributed by atoms with Crippen molar-refractivity contribution < 1.29 is 17.9 Å². The van der Waals surface area contributed by atoms with Crippen molar-refractivity contribution in [3.63, 3.8) is 0 Å². The van der Waals surface area contributed by atoms with Gasteiger partial charge in [-0.2, -0.15) is 13.1 Å². The van der Waals surface area contributed by atoms with Crippen molar-refractivity contribution in [1.29, 1.82) is 0 Å². The summed E-state index contributed by atoms with van der Waals surface area (Å²) in [7, 11) is -3.90. The summed E-state index contributed by atoms with van der Waals surface area (Å²) in [6.45, 7) is 5.19. The molecule has 0 aromatic carbocycles. The molecule has 0 bridgehead atoms. The molecule has 1 unspecified atom stereocenters. The monoisotopic (exact) mass is 253 g/mol. The molecule has 0 fully saturated rings. The van der Waals surface area contributed by atoms with Crippen molar-refractivity contribution >= 4 is 16.3 Å². The standard InChI is InChI=1S/C8H19N3O4S/c1-4-7(5-9)10-16(13,14)11-8(12)15-6(2)3/h6-7,10H,4-5,9H2,1-3H3,(H,11,12). The fourth-order valence-corrected chi connectivity index (χ4v) is 1.92. The summed E-state index contributed by atoms with van der Waals surface area (Å²) in [5, 5.41) is 0. The predicted octanol–water partition coefficient (Wildman–Crippen LogP) is -0.307. The van der Waals surface area contributed by atoms with Gasteiger partial charge < -0.3 is 10.5 Å². The van der Waals surface area contributed by atoms with Crippen molar-refractivity contribution in [3.05, 3.63) is 0 Å². The molecule has 0 aliphatic rings. The number of carbonyl (C=O) groups is 1. The van der Waals surface area contributed by atoms with Crippen LogP contribution in [0.5, 0.6) is 0 Å². The quantitative estimate of drug-likeness (QED) is 0.601. The van der Waals surface area contributed by atoms with Gasteiger partial charge in [0.15, 0.2) is 0 Å². The van der Waals surface area contributed by atoms with Crippen LogP contribution >= 0.6 is 0 Å². The van der Waals surface area contributed by atoms with Crippen molar-refractivity contribution in [2.24, 2.45) is 5.73 Å². The molecule has 16 heavy (non-hydrogen) atoms. The molecule has 0 aromatic heterocycles. The summed E-state index contributed by atoms with van der Waals surface area (Å²) in [6, 6.07) is -0.399. The topological polar surface area (TPSA) is 111 Å². The van der Waals surface area contributed by atoms with Gasteiger partial charge in [-0.25, -0.2) is 9.52 Å². The molecule has 0 spiro atoms. The zero-order valence-corrected chi connectivity index (χ0v) is 10.5. The molecule has 8 heteroatoms. The lowest BCUT2D eigenvalue weighted by atomic mass is 10.2. The van der Waals surface area contributed by atoms with Gasteiger partial charge >= 0.3 is 16.3 Å². The van der Waals surface area contributed by atoms with Crippen LogP contribution in [0.4, 0.5) is 4.79 Å². The molecule has 96 valence electrons. The van der Waals surface area contributed by atoms with Crippen LogP contribution in [0, 0.1) is 0 Å². The highest BCUT2D eigenvalue weighted by Crippen LogP contribution is 1.93. The van der Waals surface area contributed by atoms with Crippen LogP contribution in [0.25, 0.3) is 0 Å². The fraction of sp³-hybridized carbons (Fsp3) is 0.875. The van der Waals surface area contributed by atoms with Crippen molar-refractivity contribution in [2.45, 2.75) is 39.3 Å². The van der Waals surface area contributed by atoms with E-state index in [9.17, 15) is 13.2 Å². The summed E-state index contributed by atoms with van der Waals surface area (Å²) in [6.07, 6.45) is -0.850. The van der Waals surface area contributed by atoms with Crippen LogP contribution in [-0.4, -0.2) is 33.2 Å². The Kier molecular flexibility index (Phi) is 6.31. The third kappa shape index (κ3) is 6.59. The molecular formula is C8H19N3O4S. The van der Waals surface area contributed by atoms with Gasteiger partial charge in [-0.05, 0) is 20.3 Å². The summed E-state index contributed by atoms with van der Waals surface area (Å²) in [5.74, 6) is 0. The highest BCUT2D eigenvalue weighted by atomic mass is 32.2. The lowest BCUT2D eigenvalue weighted by Gasteiger charge is -2.15. The van der Waals surface area contributed by atoms with E-state index in [1.54, 1.807) is 25.5 Å². The average Bonchev–Trinajstić information content (AvgIpc) is 2.11. The number of amides is 1. The lowest BCUT2D eigenvalue weighted by Crippen LogP contribution is -2.47. The summed E-state index contributed by atoms with van der Waals surface area (Å²) in [5.41, 5.74) is 5.33. The number of hydrogen-bond donors (Lipinski definition) is 3. The maximum atomic E-state index is 11.4. The van der Waals surface area contributed by atoms with Gasteiger partial charge in [-0.3, -0.25) is 0 Å². The van der Waals surface area contributed by atoms with E-state index >= 15 is 0 Å². The molecule has 1 atom stereocenters. The normalized spacial score (nSPS) is 13.6. The van der Waals surface area contributed by atoms with Crippen LogP contribution in [-0.2, 0) is 14.9 Å². The van der Waals surface area contributed by atoms with E-state index in [0.717, 1.165) is 0 Å². The molecule has 7 nitrogen and oxygen atoms in total. The summed E-state index contributed by atoms with van der Waals surface area (Å²) >= 11 is 0. The first kappa shape index (κ1) is 15.1. The Morgan fingerprint density at radius 1 is 1.44 bits per heavy atom. The Labute approximate surface area is 95.9 Å². The van der Waals surface area contributed by atoms with Crippen molar-refractivity contribution in [3.8, 4) is 0 Å². The van der Waals surface area contributed by atoms with E-state index in [2.05, 4.69) is 9.46 Å². The highest BCUT2D eigenvalue weighted by molar-refractivity contribution is 7.88. The van der Waals surface area contributed by atoms with Crippen molar-refractivity contribution in [1.82, 2.24) is 9.44 Å². The maximum absolute atomic E-state index is 11.4. The first-order chi connectivity index (χ1) is 7.30. The van der Waals surface area contributed by atoms with Crippen LogP contribution in [0.3, 0.4) is 0 Å². The summed E-state index contributed by atoms with van der Waals surface area (Å²) in [4.78, 5) is 11.0. The van der Waals surface area contributed by atoms with E-state index < -0.39 is 22.3 Å². The van der Waals surface area contributed by atoms with Gasteiger partial charge in [0, 0.05) is 12.6 Å². The molecule has 0 aliphatic carbocycles. The lowest BCUT2D eigenvalue weighted by molar-refractivity contribution is 0.121. The zero-order valence-electron chi connectivity index (χ0n) is 9.69. The summed E-state index contributed by atoms with van der Waals surface area (Å²) < 4.78 is 31.3. The number of ether oxygens (including phenoxy) is 1. The van der Waals surface area contributed by atoms with E-state index in [4.69, 9.17) is 5.73 Å². The zero-order chi connectivity index (χ0) is 12.8. The second kappa shape index (κ2) is 6.66. The minimum atomic E-state index is -3.90. The molecule has 0 saturated carbocycles. The smallest absolute Gasteiger partial charge is 0.422 e. The van der Waals surface area contributed by atoms with Gasteiger partial charge in [0.1, 0.15) is 0 Å². The largest absolute Gasteiger partial charge is 0.446 e. The van der Waals surface area contributed by atoms with Crippen LogP contribution in [0.2, 0.25) is 0 Å². The Morgan fingerprint density at radius 3 is 2.38 bits per heavy atom. The molecule has 4 N–H and O–H groups in total. The molecule has 0 radical (unpaired) electrons. The number of nitrogens with one attached hydrogen (secondary N) is 2. The molecule has 0 aliphatic heterocycles. The Bertz CT molecular complexity index is 311. The molecule has 0 aromatic rings. The molecule has 0 saturated heterocycles. The number of carbonyl (C=O) groups excluding carboxylic acids is 1. The third-order valence-electron chi connectivity index (χ3n) is 1.66. The Morgan fingerprint density at radius 2 is 2.00 bits per heavy atom. The van der Waals surface area contributed by atoms with Crippen LogP contribution < -0.4 is 15.2 Å². The molecule has 0 heterocycles. The first-order valence-corrected chi connectivity index (χ1v) is 6.49. The van der Waals surface area contributed by atoms with Crippen LogP contribution in [0.1, 0.15) is 27.2 Å². The fourth-order valence-electron chi connectivity index (χ4n) is 0.895. The molecule has 1 amide bonds. The minimum Gasteiger partial charge on any atom is -0.446 e. The first-order valence-electron chi connectivity index (χ1n) is 5.01. The van der Waals surface area contributed by atoms with Gasteiger partial charge in [0.05, 0.1) is 6.10 Å². The average molecular weight is 253 g/mol. The van der Waals surface area contributed by atoms with Gasteiger partial charge in [-0.1, -0.05) is 6.92 Å². The van der Waals surface area contributed by atoms with Crippen molar-refractivity contribution in [2.75, 3.05) is 6.54 Å². The number of rotatable bonds is 6. The van der Waals surface area contributed by atoms with E-state index in [-0.39, 0.29) is 12.6 Å². The van der Waals surface area contributed by atoms with E-state index in [1.165, 1.54) is 0 Å². The predicted molar refractivity (Wildman–Crippen MR) is 59.9 cm³/mol. The minimum absolute atomic E-state index is 0.163. The second-order valence-corrected chi connectivity index (χ2v) is 4.96. The Balaban J connectivity index is 4.29. The van der Waals surface area contributed by atoms with Crippen LogP contribution in [0.15, 0.2) is 0 Å². The number of nitrogens with two attached hydrogens (primary N) is 1. The molecule has 0 rings (SSSR count). The van der Waals surface area contributed by atoms with Gasteiger partial charge in [0.25, 0.3) is 0 Å². The second-order valence-electron chi connectivity index (χ2n) is 3.52. The van der Waals surface area contributed by atoms with E-state index in [0.29, 0.717) is 6.42 Å². The van der Waals surface area contributed by atoms with E-state index in [1.807, 2.05) is 0 Å². The van der Waals surface area contributed by atoms with Gasteiger partial charge in [-0.15, -0.1) is 0 Å². The SMILES string of the molecule is CCC(CN)NS(=O)(=O)NC(=O)OC(C)C. The number of hydrogen-bond acceptors (Lipinski definition) is 5. The maximum Gasteiger partial charge on any atom is 0.422 e. The van der Waals surface area contributed by atoms with Gasteiger partial charge in [0.2, 0.25) is 0 Å². The molecular weight excluding hydrogens is 234 g/mol. The third-order valence-corrected chi connectivity index (χ3v) is 2.74. The Hall–Kier alpha value is -0.860.